The first-order valence-electron chi connectivity index (χ1n) is 5.94. The summed E-state index contributed by atoms with van der Waals surface area (Å²) >= 11 is 0. The summed E-state index contributed by atoms with van der Waals surface area (Å²) in [5.41, 5.74) is 1.10. The van der Waals surface area contributed by atoms with E-state index < -0.39 is 5.97 Å². The number of aromatic carboxylic acids is 1. The van der Waals surface area contributed by atoms with Gasteiger partial charge in [-0.2, -0.15) is 0 Å². The highest BCUT2D eigenvalue weighted by molar-refractivity contribution is 5.86. The number of nitrogens with zero attached hydrogens (tertiary/aromatic N) is 2. The molecule has 1 N–H and O–H groups in total. The maximum atomic E-state index is 11.1. The number of hydrogen-bond donors (Lipinski definition) is 1. The van der Waals surface area contributed by atoms with Crippen molar-refractivity contribution in [2.45, 2.75) is 32.7 Å². The van der Waals surface area contributed by atoms with Gasteiger partial charge in [0.25, 0.3) is 0 Å². The molecule has 1 aromatic heterocycles. The standard InChI is InChI=1S/C12H18N2O3/c1-8-3-4-9-11(12(15)16)13-10(5-6-17-2)14(9)7-8/h8H,3-7H2,1-2H3,(H,15,16). The zero-order valence-corrected chi connectivity index (χ0v) is 10.3. The average molecular weight is 238 g/mol. The maximum absolute atomic E-state index is 11.1. The molecule has 5 nitrogen and oxygen atoms in total. The van der Waals surface area contributed by atoms with Gasteiger partial charge in [-0.1, -0.05) is 6.92 Å². The number of carbonyl (C=O) groups is 1. The summed E-state index contributed by atoms with van der Waals surface area (Å²) in [7, 11) is 1.64. The van der Waals surface area contributed by atoms with Gasteiger partial charge in [-0.05, 0) is 18.8 Å². The second-order valence-electron chi connectivity index (χ2n) is 4.63. The molecule has 1 aliphatic heterocycles. The topological polar surface area (TPSA) is 64.3 Å². The number of aromatic nitrogens is 2. The van der Waals surface area contributed by atoms with Gasteiger partial charge in [-0.3, -0.25) is 0 Å². The fourth-order valence-corrected chi connectivity index (χ4v) is 2.35. The smallest absolute Gasteiger partial charge is 0.356 e. The second-order valence-corrected chi connectivity index (χ2v) is 4.63. The largest absolute Gasteiger partial charge is 0.476 e. The Kier molecular flexibility index (Phi) is 3.47. The van der Waals surface area contributed by atoms with E-state index in [9.17, 15) is 4.79 Å². The molecular weight excluding hydrogens is 220 g/mol. The Morgan fingerprint density at radius 1 is 1.65 bits per heavy atom. The van der Waals surface area contributed by atoms with E-state index in [0.29, 0.717) is 18.9 Å². The summed E-state index contributed by atoms with van der Waals surface area (Å²) in [6, 6.07) is 0. The molecule has 1 atom stereocenters. The molecule has 1 aliphatic rings. The van der Waals surface area contributed by atoms with Crippen LogP contribution >= 0.6 is 0 Å². The first-order chi connectivity index (χ1) is 8.13. The molecule has 0 aliphatic carbocycles. The zero-order valence-electron chi connectivity index (χ0n) is 10.3. The molecule has 1 unspecified atom stereocenters. The summed E-state index contributed by atoms with van der Waals surface area (Å²) in [6.07, 6.45) is 2.52. The Balaban J connectivity index is 2.35. The van der Waals surface area contributed by atoms with Crippen LogP contribution in [-0.4, -0.2) is 34.3 Å². The molecule has 0 aromatic carbocycles. The van der Waals surface area contributed by atoms with Crippen LogP contribution in [0.2, 0.25) is 0 Å². The minimum Gasteiger partial charge on any atom is -0.476 e. The van der Waals surface area contributed by atoms with E-state index >= 15 is 0 Å². The van der Waals surface area contributed by atoms with Crippen LogP contribution in [0, 0.1) is 5.92 Å². The molecule has 0 spiro atoms. The van der Waals surface area contributed by atoms with Crippen molar-refractivity contribution in [1.29, 1.82) is 0 Å². The van der Waals surface area contributed by atoms with Gasteiger partial charge in [0.15, 0.2) is 5.69 Å². The van der Waals surface area contributed by atoms with Crippen LogP contribution in [0.25, 0.3) is 0 Å². The van der Waals surface area contributed by atoms with Crippen molar-refractivity contribution in [3.8, 4) is 0 Å². The van der Waals surface area contributed by atoms with E-state index in [1.165, 1.54) is 0 Å². The van der Waals surface area contributed by atoms with Gasteiger partial charge >= 0.3 is 5.97 Å². The van der Waals surface area contributed by atoms with Crippen LogP contribution in [-0.2, 0) is 24.1 Å². The van der Waals surface area contributed by atoms with Crippen molar-refractivity contribution in [1.82, 2.24) is 9.55 Å². The summed E-state index contributed by atoms with van der Waals surface area (Å²) < 4.78 is 7.10. The highest BCUT2D eigenvalue weighted by Gasteiger charge is 2.25. The summed E-state index contributed by atoms with van der Waals surface area (Å²) in [4.78, 5) is 15.4. The molecule has 1 aromatic rings. The van der Waals surface area contributed by atoms with Crippen LogP contribution in [0.1, 0.15) is 35.4 Å². The summed E-state index contributed by atoms with van der Waals surface area (Å²) in [6.45, 7) is 3.63. The highest BCUT2D eigenvalue weighted by atomic mass is 16.5. The van der Waals surface area contributed by atoms with Crippen LogP contribution in [0.15, 0.2) is 0 Å². The predicted molar refractivity (Wildman–Crippen MR) is 62.3 cm³/mol. The van der Waals surface area contributed by atoms with E-state index in [2.05, 4.69) is 16.5 Å². The Labute approximate surface area is 100 Å². The monoisotopic (exact) mass is 238 g/mol. The van der Waals surface area contributed by atoms with Crippen LogP contribution in [0.5, 0.6) is 0 Å². The minimum absolute atomic E-state index is 0.225. The Bertz CT molecular complexity index is 426. The lowest BCUT2D eigenvalue weighted by atomic mass is 9.99. The zero-order chi connectivity index (χ0) is 12.4. The van der Waals surface area contributed by atoms with Crippen molar-refractivity contribution in [2.75, 3.05) is 13.7 Å². The molecule has 17 heavy (non-hydrogen) atoms. The van der Waals surface area contributed by atoms with E-state index in [0.717, 1.165) is 30.9 Å². The third kappa shape index (κ3) is 2.34. The fourth-order valence-electron chi connectivity index (χ4n) is 2.35. The normalized spacial score (nSPS) is 19.1. The lowest BCUT2D eigenvalue weighted by Crippen LogP contribution is -2.21. The van der Waals surface area contributed by atoms with Crippen molar-refractivity contribution < 1.29 is 14.6 Å². The fraction of sp³-hybridized carbons (Fsp3) is 0.667. The van der Waals surface area contributed by atoms with Crippen LogP contribution < -0.4 is 0 Å². The minimum atomic E-state index is -0.924. The molecule has 94 valence electrons. The van der Waals surface area contributed by atoms with Crippen LogP contribution in [0.4, 0.5) is 0 Å². The molecule has 0 saturated heterocycles. The van der Waals surface area contributed by atoms with E-state index in [-0.39, 0.29) is 5.69 Å². The molecule has 0 amide bonds. The van der Waals surface area contributed by atoms with Gasteiger partial charge in [-0.25, -0.2) is 9.78 Å². The average Bonchev–Trinajstić information content (AvgIpc) is 2.64. The van der Waals surface area contributed by atoms with Gasteiger partial charge in [0.2, 0.25) is 0 Å². The first-order valence-corrected chi connectivity index (χ1v) is 5.94. The Morgan fingerprint density at radius 2 is 2.41 bits per heavy atom. The number of fused-ring (bicyclic) bond motifs is 1. The number of imidazole rings is 1. The molecule has 0 saturated carbocycles. The first kappa shape index (κ1) is 12.1. The van der Waals surface area contributed by atoms with Crippen molar-refractivity contribution in [3.63, 3.8) is 0 Å². The molecule has 0 fully saturated rings. The number of carboxylic acid groups (broad SMARTS) is 1. The van der Waals surface area contributed by atoms with E-state index in [1.54, 1.807) is 7.11 Å². The second kappa shape index (κ2) is 4.87. The maximum Gasteiger partial charge on any atom is 0.356 e. The lowest BCUT2D eigenvalue weighted by Gasteiger charge is -2.22. The summed E-state index contributed by atoms with van der Waals surface area (Å²) in [5.74, 6) is 0.498. The number of carboxylic acids is 1. The molecule has 2 rings (SSSR count). The Hall–Kier alpha value is -1.36. The number of ether oxygens (including phenoxy) is 1. The number of rotatable bonds is 4. The third-order valence-electron chi connectivity index (χ3n) is 3.25. The van der Waals surface area contributed by atoms with Crippen LogP contribution in [0.3, 0.4) is 0 Å². The molecule has 2 heterocycles. The number of methoxy groups -OCH3 is 1. The summed E-state index contributed by atoms with van der Waals surface area (Å²) in [5, 5.41) is 9.14. The quantitative estimate of drug-likeness (QED) is 0.860. The van der Waals surface area contributed by atoms with Gasteiger partial charge in [0.1, 0.15) is 5.82 Å². The van der Waals surface area contributed by atoms with Crippen molar-refractivity contribution >= 4 is 5.97 Å². The van der Waals surface area contributed by atoms with Gasteiger partial charge in [0, 0.05) is 20.1 Å². The van der Waals surface area contributed by atoms with Crippen molar-refractivity contribution in [2.24, 2.45) is 5.92 Å². The Morgan fingerprint density at radius 3 is 3.06 bits per heavy atom. The number of hydrogen-bond acceptors (Lipinski definition) is 3. The van der Waals surface area contributed by atoms with E-state index in [1.807, 2.05) is 0 Å². The molecule has 0 bridgehead atoms. The highest BCUT2D eigenvalue weighted by Crippen LogP contribution is 2.24. The SMILES string of the molecule is COCCc1nc(C(=O)O)c2n1CC(C)CC2. The van der Waals surface area contributed by atoms with Crippen molar-refractivity contribution in [3.05, 3.63) is 17.2 Å². The molecular formula is C12H18N2O3. The molecule has 0 radical (unpaired) electrons. The van der Waals surface area contributed by atoms with E-state index in [4.69, 9.17) is 9.84 Å². The predicted octanol–water partition coefficient (Wildman–Crippen LogP) is 1.35. The molecule has 5 heteroatoms. The van der Waals surface area contributed by atoms with Gasteiger partial charge < -0.3 is 14.4 Å². The van der Waals surface area contributed by atoms with Gasteiger partial charge in [-0.15, -0.1) is 0 Å². The van der Waals surface area contributed by atoms with Gasteiger partial charge in [0.05, 0.1) is 12.3 Å². The third-order valence-corrected chi connectivity index (χ3v) is 3.25. The lowest BCUT2D eigenvalue weighted by molar-refractivity contribution is 0.0689.